The highest BCUT2D eigenvalue weighted by Crippen LogP contribution is 2.27. The Labute approximate surface area is 183 Å². The number of nitrogens with one attached hydrogen (secondary N) is 1. The third-order valence-electron chi connectivity index (χ3n) is 4.76. The number of H-pyrrole nitrogens is 1. The minimum absolute atomic E-state index is 0.0218. The number of aromatic amines is 1. The zero-order valence-corrected chi connectivity index (χ0v) is 17.9. The minimum atomic E-state index is -0.652. The van der Waals surface area contributed by atoms with E-state index < -0.39 is 11.7 Å². The van der Waals surface area contributed by atoms with Gasteiger partial charge in [0, 0.05) is 5.56 Å². The molecule has 2 aromatic carbocycles. The number of hydrogen-bond donors (Lipinski definition) is 1. The third kappa shape index (κ3) is 3.80. The molecule has 0 saturated heterocycles. The topological polar surface area (TPSA) is 108 Å². The fraction of sp³-hybridized carbons (Fsp3) is 0.217. The summed E-state index contributed by atoms with van der Waals surface area (Å²) >= 11 is 0. The van der Waals surface area contributed by atoms with Gasteiger partial charge in [0.1, 0.15) is 17.0 Å². The van der Waals surface area contributed by atoms with Crippen LogP contribution in [0.5, 0.6) is 11.5 Å². The van der Waals surface area contributed by atoms with E-state index in [1.807, 2.05) is 6.92 Å². The van der Waals surface area contributed by atoms with E-state index in [1.54, 1.807) is 55.5 Å². The average Bonchev–Trinajstić information content (AvgIpc) is 3.14. The highest BCUT2D eigenvalue weighted by molar-refractivity contribution is 6.00. The minimum Gasteiger partial charge on any atom is -0.495 e. The molecule has 0 aliphatic carbocycles. The molecule has 0 spiro atoms. The largest absolute Gasteiger partial charge is 0.495 e. The second kappa shape index (κ2) is 8.93. The van der Waals surface area contributed by atoms with E-state index >= 15 is 0 Å². The van der Waals surface area contributed by atoms with Crippen LogP contribution in [0.25, 0.3) is 28.2 Å². The molecular weight excluding hydrogens is 412 g/mol. The number of ether oxygens (including phenoxy) is 3. The van der Waals surface area contributed by atoms with Crippen molar-refractivity contribution in [2.24, 2.45) is 0 Å². The Bertz CT molecular complexity index is 1320. The molecule has 0 aliphatic rings. The number of aromatic nitrogens is 4. The third-order valence-corrected chi connectivity index (χ3v) is 4.76. The van der Waals surface area contributed by atoms with Crippen molar-refractivity contribution < 1.29 is 19.0 Å². The van der Waals surface area contributed by atoms with E-state index in [4.69, 9.17) is 14.2 Å². The lowest BCUT2D eigenvalue weighted by molar-refractivity contribution is 0.0522. The SMILES string of the molecule is CCOC(=O)c1nc(-c2ccc(OCC)cc2)nc2c1[nH]c(=O)n2-c1ccccc1OC. The van der Waals surface area contributed by atoms with Crippen LogP contribution in [0.3, 0.4) is 0 Å². The molecule has 0 bridgehead atoms. The molecule has 0 unspecified atom stereocenters. The molecule has 2 heterocycles. The molecule has 2 aromatic heterocycles. The van der Waals surface area contributed by atoms with E-state index in [-0.39, 0.29) is 29.3 Å². The molecule has 4 rings (SSSR count). The number of nitrogens with zero attached hydrogens (tertiary/aromatic N) is 3. The van der Waals surface area contributed by atoms with Crippen LogP contribution in [-0.4, -0.2) is 45.8 Å². The molecular formula is C23H22N4O5. The van der Waals surface area contributed by atoms with Gasteiger partial charge in [-0.1, -0.05) is 12.1 Å². The van der Waals surface area contributed by atoms with Crippen molar-refractivity contribution >= 4 is 17.1 Å². The summed E-state index contributed by atoms with van der Waals surface area (Å²) in [5, 5.41) is 0. The number of benzene rings is 2. The molecule has 0 aliphatic heterocycles. The van der Waals surface area contributed by atoms with Crippen LogP contribution in [0.15, 0.2) is 53.3 Å². The molecule has 4 aromatic rings. The van der Waals surface area contributed by atoms with Crippen molar-refractivity contribution in [1.29, 1.82) is 0 Å². The second-order valence-electron chi connectivity index (χ2n) is 6.71. The van der Waals surface area contributed by atoms with E-state index in [9.17, 15) is 9.59 Å². The van der Waals surface area contributed by atoms with Crippen LogP contribution in [0.2, 0.25) is 0 Å². The van der Waals surface area contributed by atoms with E-state index in [1.165, 1.54) is 11.7 Å². The quantitative estimate of drug-likeness (QED) is 0.444. The lowest BCUT2D eigenvalue weighted by Crippen LogP contribution is -2.15. The standard InChI is InChI=1S/C23H22N4O5/c1-4-31-15-12-10-14(11-13-15)20-24-19(22(28)32-5-2)18-21(26-20)27(23(29)25-18)16-8-6-7-9-17(16)30-3/h6-13H,4-5H2,1-3H3,(H,25,29). The highest BCUT2D eigenvalue weighted by atomic mass is 16.5. The van der Waals surface area contributed by atoms with Crippen LogP contribution >= 0.6 is 0 Å². The molecule has 9 heteroatoms. The van der Waals surface area contributed by atoms with Crippen LogP contribution in [0, 0.1) is 0 Å². The number of rotatable bonds is 7. The van der Waals surface area contributed by atoms with Gasteiger partial charge in [0.2, 0.25) is 0 Å². The van der Waals surface area contributed by atoms with Gasteiger partial charge in [0.05, 0.1) is 26.0 Å². The van der Waals surface area contributed by atoms with Crippen LogP contribution in [-0.2, 0) is 4.74 Å². The van der Waals surface area contributed by atoms with Crippen molar-refractivity contribution in [3.05, 3.63) is 64.7 Å². The Hall–Kier alpha value is -4.14. The maximum absolute atomic E-state index is 12.9. The Morgan fingerprint density at radius 3 is 2.47 bits per heavy atom. The first kappa shape index (κ1) is 21.1. The van der Waals surface area contributed by atoms with Gasteiger partial charge in [-0.25, -0.2) is 24.1 Å². The van der Waals surface area contributed by atoms with Crippen molar-refractivity contribution in [2.45, 2.75) is 13.8 Å². The zero-order valence-electron chi connectivity index (χ0n) is 17.9. The van der Waals surface area contributed by atoms with Gasteiger partial charge in [0.15, 0.2) is 17.2 Å². The summed E-state index contributed by atoms with van der Waals surface area (Å²) in [6.45, 7) is 4.31. The smallest absolute Gasteiger partial charge is 0.359 e. The normalized spacial score (nSPS) is 10.8. The number of esters is 1. The highest BCUT2D eigenvalue weighted by Gasteiger charge is 2.23. The summed E-state index contributed by atoms with van der Waals surface area (Å²) < 4.78 is 17.4. The molecule has 9 nitrogen and oxygen atoms in total. The summed E-state index contributed by atoms with van der Waals surface area (Å²) in [4.78, 5) is 37.3. The fourth-order valence-corrected chi connectivity index (χ4v) is 3.37. The van der Waals surface area contributed by atoms with Gasteiger partial charge in [-0.15, -0.1) is 0 Å². The van der Waals surface area contributed by atoms with Gasteiger partial charge in [-0.2, -0.15) is 0 Å². The molecule has 0 fully saturated rings. The predicted molar refractivity (Wildman–Crippen MR) is 119 cm³/mol. The zero-order chi connectivity index (χ0) is 22.7. The maximum Gasteiger partial charge on any atom is 0.359 e. The summed E-state index contributed by atoms with van der Waals surface area (Å²) in [7, 11) is 1.52. The van der Waals surface area contributed by atoms with Crippen LogP contribution in [0.4, 0.5) is 0 Å². The van der Waals surface area contributed by atoms with E-state index in [2.05, 4.69) is 15.0 Å². The van der Waals surface area contributed by atoms with E-state index in [0.717, 1.165) is 0 Å². The molecule has 32 heavy (non-hydrogen) atoms. The lowest BCUT2D eigenvalue weighted by atomic mass is 10.2. The Kier molecular flexibility index (Phi) is 5.89. The fourth-order valence-electron chi connectivity index (χ4n) is 3.37. The van der Waals surface area contributed by atoms with Crippen molar-refractivity contribution in [3.63, 3.8) is 0 Å². The van der Waals surface area contributed by atoms with Crippen LogP contribution < -0.4 is 15.2 Å². The summed E-state index contributed by atoms with van der Waals surface area (Å²) in [6.07, 6.45) is 0. The van der Waals surface area contributed by atoms with Gasteiger partial charge < -0.3 is 19.2 Å². The summed E-state index contributed by atoms with van der Waals surface area (Å²) in [5.74, 6) is 0.802. The van der Waals surface area contributed by atoms with E-state index in [0.29, 0.717) is 29.4 Å². The number of carbonyl (C=O) groups is 1. The number of fused-ring (bicyclic) bond motifs is 1. The summed E-state index contributed by atoms with van der Waals surface area (Å²) in [5.41, 5.74) is 1.06. The molecule has 0 radical (unpaired) electrons. The molecule has 164 valence electrons. The first-order chi connectivity index (χ1) is 15.6. The lowest BCUT2D eigenvalue weighted by Gasteiger charge is -2.10. The number of methoxy groups -OCH3 is 1. The monoisotopic (exact) mass is 434 g/mol. The molecule has 1 N–H and O–H groups in total. The molecule has 0 saturated carbocycles. The summed E-state index contributed by atoms with van der Waals surface area (Å²) in [6, 6.07) is 14.2. The van der Waals surface area contributed by atoms with Crippen molar-refractivity contribution in [3.8, 4) is 28.6 Å². The Morgan fingerprint density at radius 1 is 1.03 bits per heavy atom. The Morgan fingerprint density at radius 2 is 1.78 bits per heavy atom. The first-order valence-corrected chi connectivity index (χ1v) is 10.1. The van der Waals surface area contributed by atoms with Gasteiger partial charge in [-0.05, 0) is 50.2 Å². The van der Waals surface area contributed by atoms with Gasteiger partial charge in [-0.3, -0.25) is 0 Å². The van der Waals surface area contributed by atoms with Crippen LogP contribution in [0.1, 0.15) is 24.3 Å². The maximum atomic E-state index is 12.9. The predicted octanol–water partition coefficient (Wildman–Crippen LogP) is 3.36. The number of hydrogen-bond acceptors (Lipinski definition) is 7. The number of imidazole rings is 1. The number of para-hydroxylation sites is 2. The average molecular weight is 434 g/mol. The van der Waals surface area contributed by atoms with Crippen molar-refractivity contribution in [1.82, 2.24) is 19.5 Å². The van der Waals surface area contributed by atoms with Gasteiger partial charge >= 0.3 is 11.7 Å². The molecule has 0 atom stereocenters. The second-order valence-corrected chi connectivity index (χ2v) is 6.71. The first-order valence-electron chi connectivity index (χ1n) is 10.1. The number of carbonyl (C=O) groups excluding carboxylic acids is 1. The molecule has 0 amide bonds. The van der Waals surface area contributed by atoms with Crippen molar-refractivity contribution in [2.75, 3.05) is 20.3 Å². The Balaban J connectivity index is 1.98. The van der Waals surface area contributed by atoms with Gasteiger partial charge in [0.25, 0.3) is 0 Å².